The van der Waals surface area contributed by atoms with Gasteiger partial charge in [-0.3, -0.25) is 9.59 Å². The van der Waals surface area contributed by atoms with E-state index in [1.165, 1.54) is 145 Å². The Morgan fingerprint density at radius 3 is 1.60 bits per heavy atom. The van der Waals surface area contributed by atoms with Crippen LogP contribution in [0.4, 0.5) is 0 Å². The van der Waals surface area contributed by atoms with Crippen molar-refractivity contribution in [3.05, 3.63) is 64.1 Å². The van der Waals surface area contributed by atoms with Crippen molar-refractivity contribution >= 4 is 46.6 Å². The lowest BCUT2D eigenvalue weighted by Crippen LogP contribution is -2.59. The third-order valence-electron chi connectivity index (χ3n) is 12.0. The number of ether oxygens (including phenoxy) is 1. The van der Waals surface area contributed by atoms with Crippen molar-refractivity contribution in [1.82, 2.24) is 5.06 Å². The van der Waals surface area contributed by atoms with E-state index in [1.54, 1.807) is 12.1 Å². The van der Waals surface area contributed by atoms with Gasteiger partial charge >= 0.3 is 11.9 Å². The fourth-order valence-electron chi connectivity index (χ4n) is 8.47. The molecule has 1 aromatic heterocycles. The molecule has 1 aromatic carbocycles. The smallest absolute Gasteiger partial charge is 0.350 e. The van der Waals surface area contributed by atoms with E-state index in [-0.39, 0.29) is 23.7 Å². The van der Waals surface area contributed by atoms with Gasteiger partial charge in [0.15, 0.2) is 23.5 Å². The molecular formula is C50H75NO7S2. The number of fused-ring (bicyclic) bond motifs is 2. The number of carbonyl (C=O) groups is 4. The molecule has 334 valence electrons. The van der Waals surface area contributed by atoms with E-state index in [0.29, 0.717) is 35.1 Å². The highest BCUT2D eigenvalue weighted by Gasteiger charge is 2.51. The predicted octanol–water partition coefficient (Wildman–Crippen LogP) is 13.8. The van der Waals surface area contributed by atoms with Gasteiger partial charge in [0.1, 0.15) is 0 Å². The van der Waals surface area contributed by atoms with Crippen LogP contribution in [0.25, 0.3) is 0 Å². The Balaban J connectivity index is 1.42. The molecule has 0 amide bonds. The van der Waals surface area contributed by atoms with Crippen molar-refractivity contribution in [2.75, 3.05) is 5.75 Å². The minimum Gasteiger partial charge on any atom is -0.440 e. The molecule has 0 aliphatic carbocycles. The number of Topliss-reactive ketones (excluding diaryl/α,β-unsaturated/α-hetero) is 2. The number of esters is 1. The van der Waals surface area contributed by atoms with Crippen molar-refractivity contribution in [2.24, 2.45) is 0 Å². The molecule has 2 unspecified atom stereocenters. The first-order chi connectivity index (χ1) is 29.3. The normalized spacial score (nSPS) is 18.3. The van der Waals surface area contributed by atoms with E-state index in [4.69, 9.17) is 9.57 Å². The van der Waals surface area contributed by atoms with Crippen molar-refractivity contribution in [2.45, 2.75) is 216 Å². The van der Waals surface area contributed by atoms with Gasteiger partial charge in [-0.1, -0.05) is 179 Å². The van der Waals surface area contributed by atoms with E-state index in [1.807, 2.05) is 17.5 Å². The van der Waals surface area contributed by atoms with Crippen LogP contribution in [0.1, 0.15) is 225 Å². The molecule has 2 aliphatic heterocycles. The Labute approximate surface area is 370 Å². The topological polar surface area (TPSA) is 110 Å². The van der Waals surface area contributed by atoms with Crippen LogP contribution in [0.2, 0.25) is 0 Å². The Morgan fingerprint density at radius 2 is 1.13 bits per heavy atom. The Bertz CT molecular complexity index is 1610. The molecule has 0 radical (unpaired) electrons. The second-order valence-electron chi connectivity index (χ2n) is 17.1. The molecule has 0 fully saturated rings. The number of thiophene rings is 1. The first kappa shape index (κ1) is 49.9. The molecule has 2 atom stereocenters. The number of rotatable bonds is 33. The van der Waals surface area contributed by atoms with Crippen LogP contribution in [0.15, 0.2) is 46.0 Å². The van der Waals surface area contributed by atoms with Crippen molar-refractivity contribution in [3.63, 3.8) is 0 Å². The molecular weight excluding hydrogens is 791 g/mol. The van der Waals surface area contributed by atoms with Gasteiger partial charge in [0.05, 0.1) is 4.21 Å². The van der Waals surface area contributed by atoms with Crippen LogP contribution in [0, 0.1) is 0 Å². The third-order valence-corrected chi connectivity index (χ3v) is 14.3. The fourth-order valence-corrected chi connectivity index (χ4v) is 10.3. The number of aliphatic hydroxyl groups is 1. The van der Waals surface area contributed by atoms with Crippen LogP contribution in [-0.4, -0.2) is 45.7 Å². The molecule has 0 bridgehead atoms. The molecule has 8 nitrogen and oxygen atoms in total. The summed E-state index contributed by atoms with van der Waals surface area (Å²) in [7, 11) is 0. The van der Waals surface area contributed by atoms with Gasteiger partial charge in [0.25, 0.3) is 0 Å². The van der Waals surface area contributed by atoms with Crippen molar-refractivity contribution < 1.29 is 33.9 Å². The van der Waals surface area contributed by atoms with E-state index in [0.717, 1.165) is 66.4 Å². The van der Waals surface area contributed by atoms with E-state index >= 15 is 0 Å². The number of ketones is 2. The summed E-state index contributed by atoms with van der Waals surface area (Å²) in [5.74, 6) is -1.74. The van der Waals surface area contributed by atoms with E-state index < -0.39 is 23.9 Å². The molecule has 10 heteroatoms. The molecule has 4 rings (SSSR count). The lowest BCUT2D eigenvalue weighted by Gasteiger charge is -2.46. The minimum atomic E-state index is -1.96. The Kier molecular flexibility index (Phi) is 23.9. The molecule has 1 N–H and O–H groups in total. The van der Waals surface area contributed by atoms with Crippen molar-refractivity contribution in [1.29, 1.82) is 0 Å². The summed E-state index contributed by atoms with van der Waals surface area (Å²) in [6.07, 6.45) is 33.1. The molecule has 2 aliphatic rings. The van der Waals surface area contributed by atoms with Gasteiger partial charge < -0.3 is 14.7 Å². The number of carbonyl (C=O) groups excluding carboxylic acids is 4. The number of unbranched alkanes of at least 4 members (excludes halogenated alkanes) is 24. The van der Waals surface area contributed by atoms with Gasteiger partial charge in [0, 0.05) is 53.9 Å². The molecule has 3 heterocycles. The van der Waals surface area contributed by atoms with Crippen LogP contribution in [0.5, 0.6) is 0 Å². The molecule has 2 aromatic rings. The first-order valence-corrected chi connectivity index (χ1v) is 25.7. The first-order valence-electron chi connectivity index (χ1n) is 23.8. The summed E-state index contributed by atoms with van der Waals surface area (Å²) in [5.41, 5.74) is -0.328. The van der Waals surface area contributed by atoms with Crippen LogP contribution >= 0.6 is 23.1 Å². The number of hydroxylamine groups is 2. The Hall–Kier alpha value is -2.79. The highest BCUT2D eigenvalue weighted by molar-refractivity contribution is 8.01. The van der Waals surface area contributed by atoms with Gasteiger partial charge in [-0.05, 0) is 42.0 Å². The summed E-state index contributed by atoms with van der Waals surface area (Å²) in [6, 6.07) is 7.25. The predicted molar refractivity (Wildman–Crippen MR) is 245 cm³/mol. The highest BCUT2D eigenvalue weighted by Crippen LogP contribution is 2.43. The van der Waals surface area contributed by atoms with Crippen molar-refractivity contribution in [3.8, 4) is 0 Å². The second-order valence-corrected chi connectivity index (χ2v) is 19.3. The second kappa shape index (κ2) is 28.7. The summed E-state index contributed by atoms with van der Waals surface area (Å²) < 4.78 is 6.63. The Morgan fingerprint density at radius 1 is 0.683 bits per heavy atom. The monoisotopic (exact) mass is 865 g/mol. The zero-order chi connectivity index (χ0) is 42.8. The maximum Gasteiger partial charge on any atom is 0.350 e. The SMILES string of the molecule is CCCCCCCCCCCCCCCC(=O)c1cc2c(cc1C(=O)CCCCCCCCCCCCCCC)C(O)(CSc1cccs1)N1OC(=O)/C=C/C(=O)OC1C2. The van der Waals surface area contributed by atoms with Crippen LogP contribution < -0.4 is 0 Å². The zero-order valence-corrected chi connectivity index (χ0v) is 38.6. The summed E-state index contributed by atoms with van der Waals surface area (Å²) >= 11 is 2.89. The number of thioether (sulfide) groups is 1. The molecule has 0 saturated heterocycles. The van der Waals surface area contributed by atoms with E-state index in [9.17, 15) is 24.3 Å². The number of hydrogen-bond acceptors (Lipinski definition) is 10. The van der Waals surface area contributed by atoms with E-state index in [2.05, 4.69) is 13.8 Å². The lowest BCUT2D eigenvalue weighted by atomic mass is 9.84. The average Bonchev–Trinajstić information content (AvgIpc) is 3.77. The largest absolute Gasteiger partial charge is 0.440 e. The summed E-state index contributed by atoms with van der Waals surface area (Å²) in [4.78, 5) is 59.4. The minimum absolute atomic E-state index is 0.0182. The van der Waals surface area contributed by atoms with Crippen LogP contribution in [0.3, 0.4) is 0 Å². The maximum absolute atomic E-state index is 14.2. The summed E-state index contributed by atoms with van der Waals surface area (Å²) in [5, 5.41) is 15.6. The third kappa shape index (κ3) is 17.2. The maximum atomic E-state index is 14.2. The number of hydrogen-bond donors (Lipinski definition) is 1. The standard InChI is InChI=1S/C50H75NO7S2/c1-3-5-7-9-11-13-15-17-19-21-23-25-27-30-44(52)41-36-40-37-46-51(58-48(55)34-33-47(54)57-46)50(56,39-60-49-32-29-35-59-49)43(40)38-42(41)45(53)31-28-26-24-22-20-18-16-14-12-10-8-6-4-2/h29,32-36,38,46,56H,3-28,30-31,37,39H2,1-2H3/b34-33+. The molecule has 0 saturated carbocycles. The summed E-state index contributed by atoms with van der Waals surface area (Å²) in [6.45, 7) is 4.51. The molecule has 60 heavy (non-hydrogen) atoms. The van der Waals surface area contributed by atoms with Crippen LogP contribution in [-0.2, 0) is 31.3 Å². The zero-order valence-electron chi connectivity index (χ0n) is 37.0. The van der Waals surface area contributed by atoms with Gasteiger partial charge in [-0.15, -0.1) is 23.1 Å². The lowest BCUT2D eigenvalue weighted by molar-refractivity contribution is -0.331. The number of nitrogens with zero attached hydrogens (tertiary/aromatic N) is 1. The highest BCUT2D eigenvalue weighted by atomic mass is 32.2. The van der Waals surface area contributed by atoms with Gasteiger partial charge in [0.2, 0.25) is 0 Å². The van der Waals surface area contributed by atoms with Gasteiger partial charge in [-0.2, -0.15) is 0 Å². The van der Waals surface area contributed by atoms with Gasteiger partial charge in [-0.25, -0.2) is 9.59 Å². The number of benzene rings is 1. The average molecular weight is 866 g/mol. The fraction of sp³-hybridized carbons (Fsp3) is 0.680. The molecule has 0 spiro atoms. The quantitative estimate of drug-likeness (QED) is 0.0324.